The number of imide groups is 1. The van der Waals surface area contributed by atoms with Gasteiger partial charge in [-0.2, -0.15) is 0 Å². The van der Waals surface area contributed by atoms with E-state index in [0.717, 1.165) is 22.3 Å². The van der Waals surface area contributed by atoms with Gasteiger partial charge in [-0.05, 0) is 48.3 Å². The van der Waals surface area contributed by atoms with E-state index in [1.54, 1.807) is 0 Å². The molecule has 6 nitrogen and oxygen atoms in total. The SMILES string of the molecule is Cc1ccc(C(=C2[C@H]3C=C[C@H]2[C@@H]2C(=O)N(c4ccc([N+](=O)[O-])cc4)C(=O)[C@H]23)c2ccc(C)cc2)cc1. The number of hydrogen-bond acceptors (Lipinski definition) is 4. The van der Waals surface area contributed by atoms with Gasteiger partial charge >= 0.3 is 0 Å². The smallest absolute Gasteiger partial charge is 0.269 e. The number of nitro groups is 1. The van der Waals surface area contributed by atoms with Crippen molar-refractivity contribution in [1.29, 1.82) is 0 Å². The fourth-order valence-corrected chi connectivity index (χ4v) is 6.01. The Morgan fingerprint density at radius 2 is 1.17 bits per heavy atom. The number of hydrogen-bond donors (Lipinski definition) is 0. The van der Waals surface area contributed by atoms with Crippen LogP contribution in [0.4, 0.5) is 11.4 Å². The number of carbonyl (C=O) groups excluding carboxylic acids is 2. The molecule has 2 fully saturated rings. The predicted octanol–water partition coefficient (Wildman–Crippen LogP) is 5.64. The van der Waals surface area contributed by atoms with Crippen LogP contribution in [0, 0.1) is 47.6 Å². The maximum absolute atomic E-state index is 13.7. The van der Waals surface area contributed by atoms with Crippen LogP contribution in [0.2, 0.25) is 0 Å². The van der Waals surface area contributed by atoms with Crippen LogP contribution < -0.4 is 4.90 Å². The maximum Gasteiger partial charge on any atom is 0.269 e. The van der Waals surface area contributed by atoms with Crippen molar-refractivity contribution in [3.8, 4) is 0 Å². The molecule has 0 spiro atoms. The van der Waals surface area contributed by atoms with E-state index in [0.29, 0.717) is 5.69 Å². The molecule has 2 bridgehead atoms. The first-order chi connectivity index (χ1) is 17.3. The van der Waals surface area contributed by atoms with Crippen LogP contribution in [0.5, 0.6) is 0 Å². The average molecular weight is 477 g/mol. The Labute approximate surface area is 208 Å². The van der Waals surface area contributed by atoms with E-state index in [-0.39, 0.29) is 29.3 Å². The van der Waals surface area contributed by atoms with Crippen molar-refractivity contribution in [2.45, 2.75) is 13.8 Å². The van der Waals surface area contributed by atoms with Crippen LogP contribution >= 0.6 is 0 Å². The first-order valence-corrected chi connectivity index (χ1v) is 12.0. The lowest BCUT2D eigenvalue weighted by molar-refractivity contribution is -0.384. The maximum atomic E-state index is 13.7. The second-order valence-corrected chi connectivity index (χ2v) is 9.84. The first kappa shape index (κ1) is 22.2. The van der Waals surface area contributed by atoms with E-state index in [9.17, 15) is 19.7 Å². The highest BCUT2D eigenvalue weighted by Gasteiger charge is 2.62. The van der Waals surface area contributed by atoms with Gasteiger partial charge in [0.15, 0.2) is 0 Å². The average Bonchev–Trinajstić information content (AvgIpc) is 3.51. The number of aryl methyl sites for hydroxylation is 2. The molecule has 1 saturated carbocycles. The van der Waals surface area contributed by atoms with E-state index in [4.69, 9.17) is 0 Å². The number of benzene rings is 3. The third kappa shape index (κ3) is 3.25. The normalized spacial score (nSPS) is 23.9. The number of non-ortho nitro benzene ring substituents is 1. The summed E-state index contributed by atoms with van der Waals surface area (Å²) in [5.74, 6) is -1.75. The minimum Gasteiger partial charge on any atom is -0.274 e. The van der Waals surface area contributed by atoms with E-state index in [2.05, 4.69) is 74.5 Å². The Bertz CT molecular complexity index is 1390. The van der Waals surface area contributed by atoms with Crippen molar-refractivity contribution < 1.29 is 14.5 Å². The van der Waals surface area contributed by atoms with Crippen LogP contribution in [-0.4, -0.2) is 16.7 Å². The standard InChI is InChI=1S/C30H24N2O4/c1-17-3-7-19(8-4-17)25(20-9-5-18(2)6-10-20)26-23-15-16-24(26)28-27(23)29(33)31(30(28)34)21-11-13-22(14-12-21)32(35)36/h3-16,23-24,27-28H,1-2H3/t23-,24-,27+,28+/m1/s1. The summed E-state index contributed by atoms with van der Waals surface area (Å²) in [6.07, 6.45) is 4.15. The minimum atomic E-state index is -0.495. The van der Waals surface area contributed by atoms with Gasteiger partial charge < -0.3 is 0 Å². The number of rotatable bonds is 4. The highest BCUT2D eigenvalue weighted by molar-refractivity contribution is 6.23. The van der Waals surface area contributed by atoms with Crippen LogP contribution in [-0.2, 0) is 9.59 Å². The number of carbonyl (C=O) groups is 2. The summed E-state index contributed by atoms with van der Waals surface area (Å²) in [7, 11) is 0. The molecule has 1 saturated heterocycles. The van der Waals surface area contributed by atoms with Crippen LogP contribution in [0.3, 0.4) is 0 Å². The van der Waals surface area contributed by atoms with Crippen LogP contribution in [0.15, 0.2) is 90.5 Å². The van der Waals surface area contributed by atoms with Gasteiger partial charge in [0.25, 0.3) is 5.69 Å². The lowest BCUT2D eigenvalue weighted by Crippen LogP contribution is -2.33. The summed E-state index contributed by atoms with van der Waals surface area (Å²) in [6.45, 7) is 4.11. The van der Waals surface area contributed by atoms with Crippen LogP contribution in [0.1, 0.15) is 22.3 Å². The molecule has 2 aliphatic carbocycles. The third-order valence-electron chi connectivity index (χ3n) is 7.70. The molecule has 2 amide bonds. The second kappa shape index (κ2) is 8.12. The number of anilines is 1. The Morgan fingerprint density at radius 3 is 1.58 bits per heavy atom. The number of nitrogens with zero attached hydrogens (tertiary/aromatic N) is 2. The Hall–Kier alpha value is -4.32. The van der Waals surface area contributed by atoms with Gasteiger partial charge in [0, 0.05) is 24.0 Å². The lowest BCUT2D eigenvalue weighted by atomic mass is 9.85. The monoisotopic (exact) mass is 476 g/mol. The molecule has 4 atom stereocenters. The van der Waals surface area contributed by atoms with Gasteiger partial charge in [-0.1, -0.05) is 71.8 Å². The summed E-state index contributed by atoms with van der Waals surface area (Å²) in [4.78, 5) is 39.1. The summed E-state index contributed by atoms with van der Waals surface area (Å²) >= 11 is 0. The van der Waals surface area contributed by atoms with Gasteiger partial charge in [-0.15, -0.1) is 0 Å². The lowest BCUT2D eigenvalue weighted by Gasteiger charge is -2.21. The molecule has 0 unspecified atom stereocenters. The molecule has 1 heterocycles. The fraction of sp³-hybridized carbons (Fsp3) is 0.200. The molecule has 178 valence electrons. The summed E-state index contributed by atoms with van der Waals surface area (Å²) in [5, 5.41) is 11.0. The van der Waals surface area contributed by atoms with Gasteiger partial charge in [0.1, 0.15) is 0 Å². The third-order valence-corrected chi connectivity index (χ3v) is 7.70. The molecule has 6 heteroatoms. The van der Waals surface area contributed by atoms with Crippen molar-refractivity contribution in [2.24, 2.45) is 23.7 Å². The minimum absolute atomic E-state index is 0.0779. The first-order valence-electron chi connectivity index (χ1n) is 12.0. The van der Waals surface area contributed by atoms with Gasteiger partial charge in [0.2, 0.25) is 11.8 Å². The molecular weight excluding hydrogens is 452 g/mol. The molecule has 36 heavy (non-hydrogen) atoms. The zero-order valence-electron chi connectivity index (χ0n) is 19.9. The topological polar surface area (TPSA) is 80.5 Å². The van der Waals surface area contributed by atoms with Crippen molar-refractivity contribution >= 4 is 28.8 Å². The number of nitro benzene ring substituents is 1. The van der Waals surface area contributed by atoms with E-state index >= 15 is 0 Å². The van der Waals surface area contributed by atoms with Gasteiger partial charge in [-0.3, -0.25) is 19.7 Å². The quantitative estimate of drug-likeness (QED) is 0.211. The van der Waals surface area contributed by atoms with E-state index in [1.165, 1.54) is 40.3 Å². The van der Waals surface area contributed by atoms with Gasteiger partial charge in [-0.25, -0.2) is 4.90 Å². The molecular formula is C30H24N2O4. The molecule has 1 aliphatic heterocycles. The summed E-state index contributed by atoms with van der Waals surface area (Å²) < 4.78 is 0. The number of fused-ring (bicyclic) bond motifs is 5. The van der Waals surface area contributed by atoms with Crippen molar-refractivity contribution in [1.82, 2.24) is 0 Å². The van der Waals surface area contributed by atoms with Crippen LogP contribution in [0.25, 0.3) is 5.57 Å². The van der Waals surface area contributed by atoms with E-state index < -0.39 is 16.8 Å². The zero-order chi connectivity index (χ0) is 25.1. The van der Waals surface area contributed by atoms with E-state index in [1.807, 2.05) is 0 Å². The highest BCUT2D eigenvalue weighted by Crippen LogP contribution is 2.58. The molecule has 0 radical (unpaired) electrons. The zero-order valence-corrected chi connectivity index (χ0v) is 19.9. The Kier molecular flexibility index (Phi) is 5.00. The molecule has 0 aromatic heterocycles. The predicted molar refractivity (Wildman–Crippen MR) is 137 cm³/mol. The summed E-state index contributed by atoms with van der Waals surface area (Å²) in [5.41, 5.74) is 7.00. The Morgan fingerprint density at radius 1 is 0.722 bits per heavy atom. The Balaban J connectivity index is 1.45. The second-order valence-electron chi connectivity index (χ2n) is 9.84. The molecule has 3 aromatic carbocycles. The van der Waals surface area contributed by atoms with Gasteiger partial charge in [0.05, 0.1) is 22.4 Å². The molecule has 6 rings (SSSR count). The summed E-state index contributed by atoms with van der Waals surface area (Å²) in [6, 6.07) is 22.4. The highest BCUT2D eigenvalue weighted by atomic mass is 16.6. The molecule has 3 aromatic rings. The molecule has 3 aliphatic rings. The van der Waals surface area contributed by atoms with Crippen molar-refractivity contribution in [2.75, 3.05) is 4.90 Å². The van der Waals surface area contributed by atoms with Crippen molar-refractivity contribution in [3.63, 3.8) is 0 Å². The van der Waals surface area contributed by atoms with Crippen molar-refractivity contribution in [3.05, 3.63) is 123 Å². The number of allylic oxidation sites excluding steroid dienone is 3. The fourth-order valence-electron chi connectivity index (χ4n) is 6.01. The molecule has 0 N–H and O–H groups in total. The number of amides is 2. The largest absolute Gasteiger partial charge is 0.274 e.